The molecule has 0 saturated heterocycles. The molecule has 2 unspecified atom stereocenters. The molecule has 4 nitrogen and oxygen atoms in total. The first kappa shape index (κ1) is 18.2. The van der Waals surface area contributed by atoms with Gasteiger partial charge in [-0.1, -0.05) is 27.7 Å². The van der Waals surface area contributed by atoms with Crippen LogP contribution >= 0.6 is 0 Å². The Morgan fingerprint density at radius 2 is 1.95 bits per heavy atom. The Labute approximate surface area is 130 Å². The Morgan fingerprint density at radius 1 is 1.29 bits per heavy atom. The van der Waals surface area contributed by atoms with Gasteiger partial charge in [0.05, 0.1) is 6.20 Å². The highest BCUT2D eigenvalue weighted by atomic mass is 15.2. The van der Waals surface area contributed by atoms with Crippen LogP contribution in [-0.2, 0) is 13.5 Å². The molecular formula is C17H34N4. The van der Waals surface area contributed by atoms with Crippen LogP contribution in [0.4, 0.5) is 0 Å². The summed E-state index contributed by atoms with van der Waals surface area (Å²) in [5, 5.41) is 8.01. The molecule has 1 aromatic heterocycles. The van der Waals surface area contributed by atoms with Crippen LogP contribution in [0.3, 0.4) is 0 Å². The van der Waals surface area contributed by atoms with E-state index in [2.05, 4.69) is 56.1 Å². The maximum Gasteiger partial charge on any atom is 0.0521 e. The van der Waals surface area contributed by atoms with Crippen LogP contribution in [0.15, 0.2) is 12.4 Å². The van der Waals surface area contributed by atoms with Gasteiger partial charge in [-0.25, -0.2) is 0 Å². The predicted molar refractivity (Wildman–Crippen MR) is 90.6 cm³/mol. The Balaban J connectivity index is 2.81. The molecule has 122 valence electrons. The van der Waals surface area contributed by atoms with Crippen molar-refractivity contribution in [3.05, 3.63) is 18.0 Å². The predicted octanol–water partition coefficient (Wildman–Crippen LogP) is 2.84. The first-order valence-electron chi connectivity index (χ1n) is 8.47. The molecule has 0 fully saturated rings. The van der Waals surface area contributed by atoms with Gasteiger partial charge < -0.3 is 5.32 Å². The molecule has 0 aliphatic heterocycles. The van der Waals surface area contributed by atoms with Gasteiger partial charge in [-0.05, 0) is 51.4 Å². The second-order valence-electron chi connectivity index (χ2n) is 6.05. The van der Waals surface area contributed by atoms with Crippen molar-refractivity contribution in [3.63, 3.8) is 0 Å². The Kier molecular flexibility index (Phi) is 7.40. The third-order valence-corrected chi connectivity index (χ3v) is 4.88. The Bertz CT molecular complexity index is 397. The van der Waals surface area contributed by atoms with E-state index in [0.717, 1.165) is 32.5 Å². The number of rotatable bonds is 10. The molecule has 1 heterocycles. The lowest BCUT2D eigenvalue weighted by Crippen LogP contribution is -2.59. The number of hydrogen-bond donors (Lipinski definition) is 1. The summed E-state index contributed by atoms with van der Waals surface area (Å²) in [5.41, 5.74) is 1.54. The molecule has 1 rings (SSSR count). The third-order valence-electron chi connectivity index (χ3n) is 4.88. The van der Waals surface area contributed by atoms with Crippen LogP contribution in [0, 0.1) is 0 Å². The standard InChI is InChI=1S/C17H34N4/c1-7-17(5,21(9-3)10-4)16(18-8-2)12-11-15-13-19-20(6)14-15/h13-14,16,18H,7-12H2,1-6H3. The molecule has 0 aliphatic carbocycles. The van der Waals surface area contributed by atoms with Gasteiger partial charge in [0.25, 0.3) is 0 Å². The van der Waals surface area contributed by atoms with Crippen LogP contribution in [0.1, 0.15) is 53.0 Å². The van der Waals surface area contributed by atoms with Crippen molar-refractivity contribution in [2.75, 3.05) is 19.6 Å². The van der Waals surface area contributed by atoms with Crippen molar-refractivity contribution >= 4 is 0 Å². The Hall–Kier alpha value is -0.870. The summed E-state index contributed by atoms with van der Waals surface area (Å²) in [6.45, 7) is 14.7. The molecular weight excluding hydrogens is 260 g/mol. The van der Waals surface area contributed by atoms with E-state index in [1.54, 1.807) is 0 Å². The van der Waals surface area contributed by atoms with E-state index in [9.17, 15) is 0 Å². The van der Waals surface area contributed by atoms with Crippen LogP contribution in [-0.4, -0.2) is 45.9 Å². The van der Waals surface area contributed by atoms with Gasteiger partial charge in [-0.3, -0.25) is 9.58 Å². The molecule has 2 atom stereocenters. The number of nitrogens with zero attached hydrogens (tertiary/aromatic N) is 3. The molecule has 1 N–H and O–H groups in total. The maximum absolute atomic E-state index is 4.28. The third kappa shape index (κ3) is 4.55. The molecule has 4 heteroatoms. The highest BCUT2D eigenvalue weighted by Gasteiger charge is 2.36. The lowest BCUT2D eigenvalue weighted by atomic mass is 9.83. The van der Waals surface area contributed by atoms with Crippen molar-refractivity contribution in [2.45, 2.75) is 65.5 Å². The van der Waals surface area contributed by atoms with Gasteiger partial charge in [0, 0.05) is 24.8 Å². The van der Waals surface area contributed by atoms with E-state index in [0.29, 0.717) is 6.04 Å². The van der Waals surface area contributed by atoms with Crippen molar-refractivity contribution in [1.29, 1.82) is 0 Å². The zero-order chi connectivity index (χ0) is 15.9. The first-order chi connectivity index (χ1) is 10.0. The molecule has 0 amide bonds. The quantitative estimate of drug-likeness (QED) is 0.720. The number of nitrogens with one attached hydrogen (secondary N) is 1. The van der Waals surface area contributed by atoms with Crippen LogP contribution in [0.2, 0.25) is 0 Å². The van der Waals surface area contributed by atoms with Crippen LogP contribution < -0.4 is 5.32 Å². The van der Waals surface area contributed by atoms with Gasteiger partial charge >= 0.3 is 0 Å². The zero-order valence-corrected chi connectivity index (χ0v) is 14.8. The molecule has 0 saturated carbocycles. The highest BCUT2D eigenvalue weighted by molar-refractivity contribution is 5.06. The minimum Gasteiger partial charge on any atom is -0.312 e. The monoisotopic (exact) mass is 294 g/mol. The van der Waals surface area contributed by atoms with Crippen molar-refractivity contribution in [1.82, 2.24) is 20.0 Å². The highest BCUT2D eigenvalue weighted by Crippen LogP contribution is 2.26. The fraction of sp³-hybridized carbons (Fsp3) is 0.824. The zero-order valence-electron chi connectivity index (χ0n) is 14.8. The van der Waals surface area contributed by atoms with E-state index in [-0.39, 0.29) is 5.54 Å². The topological polar surface area (TPSA) is 33.1 Å². The van der Waals surface area contributed by atoms with Crippen molar-refractivity contribution in [3.8, 4) is 0 Å². The fourth-order valence-electron chi connectivity index (χ4n) is 3.43. The summed E-state index contributed by atoms with van der Waals surface area (Å²) in [6.07, 6.45) is 7.52. The van der Waals surface area contributed by atoms with Crippen LogP contribution in [0.5, 0.6) is 0 Å². The second-order valence-corrected chi connectivity index (χ2v) is 6.05. The minimum absolute atomic E-state index is 0.210. The minimum atomic E-state index is 0.210. The lowest BCUT2D eigenvalue weighted by Gasteiger charge is -2.46. The van der Waals surface area contributed by atoms with Crippen LogP contribution in [0.25, 0.3) is 0 Å². The summed E-state index contributed by atoms with van der Waals surface area (Å²) in [6, 6.07) is 0.507. The molecule has 1 aromatic rings. The smallest absolute Gasteiger partial charge is 0.0521 e. The van der Waals surface area contributed by atoms with E-state index in [4.69, 9.17) is 0 Å². The van der Waals surface area contributed by atoms with Gasteiger partial charge in [-0.2, -0.15) is 5.10 Å². The number of aromatic nitrogens is 2. The molecule has 21 heavy (non-hydrogen) atoms. The van der Waals surface area contributed by atoms with Gasteiger partial charge in [0.1, 0.15) is 0 Å². The normalized spacial score (nSPS) is 16.1. The summed E-state index contributed by atoms with van der Waals surface area (Å²) in [5.74, 6) is 0. The maximum atomic E-state index is 4.28. The SMILES string of the molecule is CCNC(CCc1cnn(C)c1)C(C)(CC)N(CC)CC. The summed E-state index contributed by atoms with van der Waals surface area (Å²) in [4.78, 5) is 2.60. The summed E-state index contributed by atoms with van der Waals surface area (Å²) in [7, 11) is 1.98. The van der Waals surface area contributed by atoms with E-state index in [1.807, 2.05) is 17.9 Å². The van der Waals surface area contributed by atoms with E-state index < -0.39 is 0 Å². The second kappa shape index (κ2) is 8.54. The van der Waals surface area contributed by atoms with Crippen molar-refractivity contribution < 1.29 is 0 Å². The number of hydrogen-bond acceptors (Lipinski definition) is 3. The summed E-state index contributed by atoms with van der Waals surface area (Å²) < 4.78 is 1.89. The van der Waals surface area contributed by atoms with Gasteiger partial charge in [-0.15, -0.1) is 0 Å². The van der Waals surface area contributed by atoms with Gasteiger partial charge in [0.2, 0.25) is 0 Å². The summed E-state index contributed by atoms with van der Waals surface area (Å²) >= 11 is 0. The number of likely N-dealkylation sites (N-methyl/N-ethyl adjacent to an activating group) is 2. The lowest BCUT2D eigenvalue weighted by molar-refractivity contribution is 0.0674. The average molecular weight is 294 g/mol. The van der Waals surface area contributed by atoms with E-state index in [1.165, 1.54) is 12.0 Å². The molecule has 0 radical (unpaired) electrons. The molecule has 0 spiro atoms. The van der Waals surface area contributed by atoms with Gasteiger partial charge in [0.15, 0.2) is 0 Å². The molecule has 0 bridgehead atoms. The largest absolute Gasteiger partial charge is 0.312 e. The average Bonchev–Trinajstić information content (AvgIpc) is 2.90. The first-order valence-corrected chi connectivity index (χ1v) is 8.47. The van der Waals surface area contributed by atoms with E-state index >= 15 is 0 Å². The number of aryl methyl sites for hydroxylation is 2. The van der Waals surface area contributed by atoms with Crippen molar-refractivity contribution in [2.24, 2.45) is 7.05 Å². The molecule has 0 aliphatic rings. The Morgan fingerprint density at radius 3 is 2.38 bits per heavy atom. The fourth-order valence-corrected chi connectivity index (χ4v) is 3.43. The molecule has 0 aromatic carbocycles.